The number of hydrogen-bond donors (Lipinski definition) is 0. The number of rotatable bonds is 3. The third kappa shape index (κ3) is 2.82. The van der Waals surface area contributed by atoms with Gasteiger partial charge in [-0.15, -0.1) is 0 Å². The van der Waals surface area contributed by atoms with Crippen molar-refractivity contribution in [2.45, 2.75) is 58.3 Å². The molecular formula is C22H27N. The van der Waals surface area contributed by atoms with Crippen LogP contribution >= 0.6 is 0 Å². The molecule has 0 saturated heterocycles. The summed E-state index contributed by atoms with van der Waals surface area (Å²) in [5, 5.41) is 0. The van der Waals surface area contributed by atoms with Gasteiger partial charge in [0.1, 0.15) is 0 Å². The molecule has 3 aliphatic rings. The van der Waals surface area contributed by atoms with Crippen LogP contribution in [0, 0.1) is 11.8 Å². The Morgan fingerprint density at radius 2 is 1.91 bits per heavy atom. The second-order valence-electron chi connectivity index (χ2n) is 7.74. The van der Waals surface area contributed by atoms with E-state index in [-0.39, 0.29) is 0 Å². The lowest BCUT2D eigenvalue weighted by Crippen LogP contribution is -2.07. The number of fused-ring (bicyclic) bond motifs is 1. The van der Waals surface area contributed by atoms with Gasteiger partial charge in [-0.05, 0) is 53.9 Å². The Morgan fingerprint density at radius 3 is 2.70 bits per heavy atom. The summed E-state index contributed by atoms with van der Waals surface area (Å²) in [6, 6.07) is 6.89. The average Bonchev–Trinajstić information content (AvgIpc) is 3.22. The van der Waals surface area contributed by atoms with Crippen LogP contribution in [0.15, 0.2) is 40.9 Å². The molecule has 23 heavy (non-hydrogen) atoms. The molecule has 1 heterocycles. The Balaban J connectivity index is 1.55. The minimum Gasteiger partial charge on any atom is -0.260 e. The summed E-state index contributed by atoms with van der Waals surface area (Å²) in [4.78, 5) is 4.67. The molecule has 0 aromatic heterocycles. The van der Waals surface area contributed by atoms with E-state index in [1.165, 1.54) is 54.5 Å². The number of allylic oxidation sites excluding steroid dienone is 4. The summed E-state index contributed by atoms with van der Waals surface area (Å²) in [5.74, 6) is 1.95. The number of nitrogens with zero attached hydrogens (tertiary/aromatic N) is 1. The van der Waals surface area contributed by atoms with Gasteiger partial charge < -0.3 is 0 Å². The van der Waals surface area contributed by atoms with Crippen molar-refractivity contribution >= 4 is 17.5 Å². The third-order valence-electron chi connectivity index (χ3n) is 5.84. The molecule has 1 unspecified atom stereocenters. The van der Waals surface area contributed by atoms with Crippen molar-refractivity contribution in [2.75, 3.05) is 0 Å². The smallest absolute Gasteiger partial charge is 0.0670 e. The van der Waals surface area contributed by atoms with E-state index >= 15 is 0 Å². The molecule has 1 fully saturated rings. The average molecular weight is 305 g/mol. The second-order valence-corrected chi connectivity index (χ2v) is 7.74. The predicted molar refractivity (Wildman–Crippen MR) is 99.4 cm³/mol. The first-order valence-electron chi connectivity index (χ1n) is 9.31. The van der Waals surface area contributed by atoms with E-state index in [1.54, 1.807) is 5.57 Å². The summed E-state index contributed by atoms with van der Waals surface area (Å²) in [6.45, 7) is 4.55. The Hall–Kier alpha value is -1.63. The molecule has 1 nitrogen and oxygen atoms in total. The molecule has 2 aliphatic carbocycles. The SMILES string of the molecule is CC(C)C1C=Nc2cc(C3=CCC(C4CCCCC4)=C3)ccc21. The van der Waals surface area contributed by atoms with Crippen molar-refractivity contribution in [1.82, 2.24) is 0 Å². The van der Waals surface area contributed by atoms with E-state index < -0.39 is 0 Å². The molecule has 1 aromatic rings. The Kier molecular flexibility index (Phi) is 3.97. The van der Waals surface area contributed by atoms with Crippen molar-refractivity contribution in [3.8, 4) is 0 Å². The van der Waals surface area contributed by atoms with Crippen LogP contribution in [0.5, 0.6) is 0 Å². The molecule has 0 amide bonds. The van der Waals surface area contributed by atoms with E-state index in [0.717, 1.165) is 12.3 Å². The van der Waals surface area contributed by atoms with E-state index in [9.17, 15) is 0 Å². The third-order valence-corrected chi connectivity index (χ3v) is 5.84. The van der Waals surface area contributed by atoms with Crippen LogP contribution in [0.3, 0.4) is 0 Å². The molecule has 120 valence electrons. The molecule has 1 saturated carbocycles. The van der Waals surface area contributed by atoms with Gasteiger partial charge >= 0.3 is 0 Å². The van der Waals surface area contributed by atoms with Gasteiger partial charge in [-0.25, -0.2) is 0 Å². The standard InChI is InChI=1S/C22H27N/c1-15(2)21-14-23-22-13-19(10-11-20(21)22)18-9-8-17(12-18)16-6-4-3-5-7-16/h9-16,21H,3-8H2,1-2H3. The van der Waals surface area contributed by atoms with Crippen LogP contribution in [-0.2, 0) is 0 Å². The van der Waals surface area contributed by atoms with Gasteiger partial charge in [0.15, 0.2) is 0 Å². The normalized spacial score (nSPS) is 24.0. The first-order chi connectivity index (χ1) is 11.2. The van der Waals surface area contributed by atoms with Crippen LogP contribution < -0.4 is 0 Å². The maximum atomic E-state index is 4.67. The van der Waals surface area contributed by atoms with E-state index in [1.807, 2.05) is 0 Å². The van der Waals surface area contributed by atoms with Gasteiger partial charge in [0.05, 0.1) is 5.69 Å². The van der Waals surface area contributed by atoms with Gasteiger partial charge in [0, 0.05) is 12.1 Å². The van der Waals surface area contributed by atoms with Crippen molar-refractivity contribution in [3.63, 3.8) is 0 Å². The van der Waals surface area contributed by atoms with Crippen LogP contribution in [0.2, 0.25) is 0 Å². The number of benzene rings is 1. The Morgan fingerprint density at radius 1 is 1.09 bits per heavy atom. The summed E-state index contributed by atoms with van der Waals surface area (Å²) in [7, 11) is 0. The van der Waals surface area contributed by atoms with E-state index in [0.29, 0.717) is 11.8 Å². The summed E-state index contributed by atoms with van der Waals surface area (Å²) >= 11 is 0. The number of aliphatic imine (C=N–C) groups is 1. The van der Waals surface area contributed by atoms with Gasteiger partial charge in [0.2, 0.25) is 0 Å². The fourth-order valence-electron chi connectivity index (χ4n) is 4.39. The van der Waals surface area contributed by atoms with Gasteiger partial charge in [-0.3, -0.25) is 4.99 Å². The highest BCUT2D eigenvalue weighted by Gasteiger charge is 2.24. The summed E-state index contributed by atoms with van der Waals surface area (Å²) in [5.41, 5.74) is 7.01. The van der Waals surface area contributed by atoms with Gasteiger partial charge in [0.25, 0.3) is 0 Å². The van der Waals surface area contributed by atoms with Crippen molar-refractivity contribution in [2.24, 2.45) is 16.8 Å². The lowest BCUT2D eigenvalue weighted by molar-refractivity contribution is 0.400. The van der Waals surface area contributed by atoms with Crippen LogP contribution in [0.4, 0.5) is 5.69 Å². The molecule has 0 bridgehead atoms. The predicted octanol–water partition coefficient (Wildman–Crippen LogP) is 6.44. The fraction of sp³-hybridized carbons (Fsp3) is 0.500. The topological polar surface area (TPSA) is 12.4 Å². The fourth-order valence-corrected chi connectivity index (χ4v) is 4.39. The van der Waals surface area contributed by atoms with Gasteiger partial charge in [-0.1, -0.05) is 63.0 Å². The Labute approximate surface area is 140 Å². The molecule has 1 aliphatic heterocycles. The largest absolute Gasteiger partial charge is 0.260 e. The molecule has 0 spiro atoms. The molecule has 1 atom stereocenters. The molecule has 1 heteroatoms. The summed E-state index contributed by atoms with van der Waals surface area (Å²) in [6.07, 6.45) is 15.3. The molecule has 4 rings (SSSR count). The van der Waals surface area contributed by atoms with Crippen molar-refractivity contribution < 1.29 is 0 Å². The first kappa shape index (κ1) is 14.9. The van der Waals surface area contributed by atoms with Gasteiger partial charge in [-0.2, -0.15) is 0 Å². The maximum Gasteiger partial charge on any atom is 0.0670 e. The maximum absolute atomic E-state index is 4.67. The molecule has 1 aromatic carbocycles. The molecule has 0 radical (unpaired) electrons. The first-order valence-corrected chi connectivity index (χ1v) is 9.31. The molecular weight excluding hydrogens is 278 g/mol. The van der Waals surface area contributed by atoms with Crippen LogP contribution in [0.25, 0.3) is 5.57 Å². The second kappa shape index (κ2) is 6.11. The Bertz CT molecular complexity index is 684. The summed E-state index contributed by atoms with van der Waals surface area (Å²) < 4.78 is 0. The zero-order valence-corrected chi connectivity index (χ0v) is 14.4. The number of hydrogen-bond acceptors (Lipinski definition) is 1. The lowest BCUT2D eigenvalue weighted by atomic mass is 9.83. The zero-order chi connectivity index (χ0) is 15.8. The van der Waals surface area contributed by atoms with E-state index in [2.05, 4.69) is 55.4 Å². The van der Waals surface area contributed by atoms with Crippen molar-refractivity contribution in [1.29, 1.82) is 0 Å². The monoisotopic (exact) mass is 305 g/mol. The van der Waals surface area contributed by atoms with Crippen molar-refractivity contribution in [3.05, 3.63) is 47.1 Å². The molecule has 0 N–H and O–H groups in total. The minimum absolute atomic E-state index is 0.491. The van der Waals surface area contributed by atoms with E-state index in [4.69, 9.17) is 0 Å². The minimum atomic E-state index is 0.491. The quantitative estimate of drug-likeness (QED) is 0.609. The van der Waals surface area contributed by atoms with Crippen LogP contribution in [0.1, 0.15) is 69.4 Å². The lowest BCUT2D eigenvalue weighted by Gasteiger charge is -2.22. The van der Waals surface area contributed by atoms with Crippen LogP contribution in [-0.4, -0.2) is 6.21 Å². The highest BCUT2D eigenvalue weighted by molar-refractivity contribution is 5.85. The highest BCUT2D eigenvalue weighted by atomic mass is 14.8. The highest BCUT2D eigenvalue weighted by Crippen LogP contribution is 2.41. The zero-order valence-electron chi connectivity index (χ0n) is 14.4.